The number of aliphatic hydroxyl groups is 3. The lowest BCUT2D eigenvalue weighted by molar-refractivity contribution is -0.181. The molecule has 0 heterocycles. The zero-order valence-corrected chi connectivity index (χ0v) is 15.6. The molecule has 3 nitrogen and oxygen atoms in total. The molecule has 3 heteroatoms. The Morgan fingerprint density at radius 1 is 0.958 bits per heavy atom. The average molecular weight is 337 g/mol. The minimum atomic E-state index is -0.263. The Bertz CT molecular complexity index is 491. The highest BCUT2D eigenvalue weighted by Crippen LogP contribution is 2.67. The Hall–Kier alpha value is -0.120. The van der Waals surface area contributed by atoms with E-state index in [1.165, 1.54) is 19.3 Å². The molecular weight excluding hydrogens is 300 g/mol. The van der Waals surface area contributed by atoms with Crippen molar-refractivity contribution in [2.75, 3.05) is 0 Å². The summed E-state index contributed by atoms with van der Waals surface area (Å²) in [5, 5.41) is 31.7. The van der Waals surface area contributed by atoms with Crippen LogP contribution in [0.2, 0.25) is 0 Å². The molecule has 24 heavy (non-hydrogen) atoms. The summed E-state index contributed by atoms with van der Waals surface area (Å²) in [5.74, 6) is 2.59. The van der Waals surface area contributed by atoms with Crippen molar-refractivity contribution in [1.29, 1.82) is 0 Å². The molecule has 0 aromatic carbocycles. The third-order valence-electron chi connectivity index (χ3n) is 9.22. The van der Waals surface area contributed by atoms with Gasteiger partial charge in [-0.3, -0.25) is 0 Å². The molecule has 0 aromatic rings. The van der Waals surface area contributed by atoms with Gasteiger partial charge < -0.3 is 15.3 Å². The summed E-state index contributed by atoms with van der Waals surface area (Å²) in [4.78, 5) is 0. The van der Waals surface area contributed by atoms with Gasteiger partial charge in [-0.05, 0) is 98.7 Å². The Morgan fingerprint density at radius 2 is 1.71 bits per heavy atom. The molecule has 4 fully saturated rings. The predicted molar refractivity (Wildman–Crippen MR) is 94.3 cm³/mol. The molecule has 138 valence electrons. The van der Waals surface area contributed by atoms with Gasteiger partial charge in [0.1, 0.15) is 0 Å². The maximum atomic E-state index is 11.2. The molecule has 3 N–H and O–H groups in total. The summed E-state index contributed by atoms with van der Waals surface area (Å²) in [7, 11) is 0. The Balaban J connectivity index is 1.66. The molecule has 4 aliphatic carbocycles. The van der Waals surface area contributed by atoms with Crippen molar-refractivity contribution in [1.82, 2.24) is 0 Å². The van der Waals surface area contributed by atoms with Crippen LogP contribution >= 0.6 is 0 Å². The fourth-order valence-corrected chi connectivity index (χ4v) is 8.19. The van der Waals surface area contributed by atoms with E-state index in [9.17, 15) is 15.3 Å². The Morgan fingerprint density at radius 3 is 2.42 bits per heavy atom. The molecule has 10 atom stereocenters. The van der Waals surface area contributed by atoms with Gasteiger partial charge in [0.15, 0.2) is 0 Å². The normalized spacial score (nSPS) is 58.5. The Kier molecular flexibility index (Phi) is 4.10. The molecule has 0 amide bonds. The molecule has 4 aliphatic rings. The van der Waals surface area contributed by atoms with Crippen LogP contribution in [0.1, 0.15) is 72.1 Å². The van der Waals surface area contributed by atoms with Crippen LogP contribution in [0.3, 0.4) is 0 Å². The zero-order chi connectivity index (χ0) is 17.3. The topological polar surface area (TPSA) is 60.7 Å². The largest absolute Gasteiger partial charge is 0.393 e. The standard InChI is InChI=1S/C21H36O3/c1-12(22)16-6-7-17-15-5-4-13-10-14(23)8-9-20(13,2)19(15)18(24)11-21(16,17)3/h12-19,22-24H,4-11H2,1-3H3/t12-,13+,14+,15+,16-,17+,18-,19-,20+,21-/m1/s1. The first-order valence-corrected chi connectivity index (χ1v) is 10.3. The fourth-order valence-electron chi connectivity index (χ4n) is 8.19. The third-order valence-corrected chi connectivity index (χ3v) is 9.22. The van der Waals surface area contributed by atoms with E-state index in [2.05, 4.69) is 13.8 Å². The van der Waals surface area contributed by atoms with Gasteiger partial charge in [0, 0.05) is 0 Å². The molecule has 0 bridgehead atoms. The van der Waals surface area contributed by atoms with Gasteiger partial charge in [-0.25, -0.2) is 0 Å². The quantitative estimate of drug-likeness (QED) is 0.688. The molecule has 0 aromatic heterocycles. The molecule has 0 aliphatic heterocycles. The van der Waals surface area contributed by atoms with Crippen LogP contribution < -0.4 is 0 Å². The zero-order valence-electron chi connectivity index (χ0n) is 15.6. The fraction of sp³-hybridized carbons (Fsp3) is 1.00. The summed E-state index contributed by atoms with van der Waals surface area (Å²) in [6.07, 6.45) is 7.91. The van der Waals surface area contributed by atoms with Gasteiger partial charge in [0.25, 0.3) is 0 Å². The third kappa shape index (κ3) is 2.27. The molecule has 4 saturated carbocycles. The highest BCUT2D eigenvalue weighted by atomic mass is 16.3. The predicted octanol–water partition coefficient (Wildman–Crippen LogP) is 3.36. The van der Waals surface area contributed by atoms with Gasteiger partial charge in [0.2, 0.25) is 0 Å². The first-order valence-electron chi connectivity index (χ1n) is 10.3. The highest BCUT2D eigenvalue weighted by molar-refractivity contribution is 5.12. The molecular formula is C21H36O3. The van der Waals surface area contributed by atoms with E-state index in [0.29, 0.717) is 29.6 Å². The van der Waals surface area contributed by atoms with Crippen LogP contribution in [0.25, 0.3) is 0 Å². The summed E-state index contributed by atoms with van der Waals surface area (Å²) < 4.78 is 0. The van der Waals surface area contributed by atoms with Crippen LogP contribution in [0.5, 0.6) is 0 Å². The van der Waals surface area contributed by atoms with E-state index in [0.717, 1.165) is 32.1 Å². The second kappa shape index (κ2) is 5.69. The summed E-state index contributed by atoms with van der Waals surface area (Å²) >= 11 is 0. The van der Waals surface area contributed by atoms with E-state index in [-0.39, 0.29) is 29.1 Å². The second-order valence-corrected chi connectivity index (χ2v) is 10.2. The number of fused-ring (bicyclic) bond motifs is 5. The van der Waals surface area contributed by atoms with Crippen LogP contribution in [-0.4, -0.2) is 33.6 Å². The number of aliphatic hydroxyl groups excluding tert-OH is 3. The van der Waals surface area contributed by atoms with E-state index >= 15 is 0 Å². The number of hydrogen-bond acceptors (Lipinski definition) is 3. The summed E-state index contributed by atoms with van der Waals surface area (Å²) in [6.45, 7) is 6.70. The average Bonchev–Trinajstić information content (AvgIpc) is 2.84. The van der Waals surface area contributed by atoms with Gasteiger partial charge in [-0.2, -0.15) is 0 Å². The highest BCUT2D eigenvalue weighted by Gasteiger charge is 2.63. The van der Waals surface area contributed by atoms with E-state index in [1.807, 2.05) is 6.92 Å². The lowest BCUT2D eigenvalue weighted by atomic mass is 9.44. The molecule has 0 saturated heterocycles. The van der Waals surface area contributed by atoms with E-state index < -0.39 is 0 Å². The number of rotatable bonds is 1. The smallest absolute Gasteiger partial charge is 0.0581 e. The van der Waals surface area contributed by atoms with E-state index in [1.54, 1.807) is 0 Å². The van der Waals surface area contributed by atoms with Gasteiger partial charge >= 0.3 is 0 Å². The first-order chi connectivity index (χ1) is 11.3. The van der Waals surface area contributed by atoms with Crippen molar-refractivity contribution < 1.29 is 15.3 Å². The van der Waals surface area contributed by atoms with Crippen molar-refractivity contribution in [3.8, 4) is 0 Å². The molecule has 0 radical (unpaired) electrons. The van der Waals surface area contributed by atoms with Gasteiger partial charge in [0.05, 0.1) is 18.3 Å². The number of hydrogen-bond donors (Lipinski definition) is 3. The Labute approximate surface area is 146 Å². The molecule has 4 rings (SSSR count). The lowest BCUT2D eigenvalue weighted by Gasteiger charge is -2.62. The van der Waals surface area contributed by atoms with Crippen LogP contribution in [0.4, 0.5) is 0 Å². The lowest BCUT2D eigenvalue weighted by Crippen LogP contribution is -2.59. The van der Waals surface area contributed by atoms with Crippen LogP contribution in [-0.2, 0) is 0 Å². The SMILES string of the molecule is C[C@@H](O)[C@H]1CC[C@H]2[C@@H]3CC[C@H]4C[C@@H](O)CC[C@]4(C)[C@H]3[C@H](O)C[C@]12C. The van der Waals surface area contributed by atoms with Crippen LogP contribution in [0, 0.1) is 40.4 Å². The van der Waals surface area contributed by atoms with Crippen molar-refractivity contribution >= 4 is 0 Å². The van der Waals surface area contributed by atoms with Gasteiger partial charge in [-0.1, -0.05) is 13.8 Å². The second-order valence-electron chi connectivity index (χ2n) is 10.2. The van der Waals surface area contributed by atoms with Crippen molar-refractivity contribution in [2.45, 2.75) is 90.4 Å². The van der Waals surface area contributed by atoms with Crippen LogP contribution in [0.15, 0.2) is 0 Å². The summed E-state index contributed by atoms with van der Waals surface area (Å²) in [5.41, 5.74) is 0.304. The van der Waals surface area contributed by atoms with Gasteiger partial charge in [-0.15, -0.1) is 0 Å². The summed E-state index contributed by atoms with van der Waals surface area (Å²) in [6, 6.07) is 0. The maximum Gasteiger partial charge on any atom is 0.0581 e. The minimum absolute atomic E-state index is 0.103. The molecule has 0 spiro atoms. The monoisotopic (exact) mass is 336 g/mol. The molecule has 0 unspecified atom stereocenters. The van der Waals surface area contributed by atoms with Crippen molar-refractivity contribution in [3.05, 3.63) is 0 Å². The maximum absolute atomic E-state index is 11.2. The van der Waals surface area contributed by atoms with E-state index in [4.69, 9.17) is 0 Å². The van der Waals surface area contributed by atoms with Crippen molar-refractivity contribution in [3.63, 3.8) is 0 Å². The first kappa shape index (κ1) is 17.3. The van der Waals surface area contributed by atoms with Crippen molar-refractivity contribution in [2.24, 2.45) is 40.4 Å². The minimum Gasteiger partial charge on any atom is -0.393 e.